The fourth-order valence-corrected chi connectivity index (χ4v) is 0. The van der Waals surface area contributed by atoms with Crippen LogP contribution in [0.1, 0.15) is 0 Å². The summed E-state index contributed by atoms with van der Waals surface area (Å²) in [4.78, 5) is 0. The van der Waals surface area contributed by atoms with Crippen LogP contribution in [-0.2, 0) is 18.1 Å². The van der Waals surface area contributed by atoms with Gasteiger partial charge in [-0.1, -0.05) is 0 Å². The van der Waals surface area contributed by atoms with Crippen molar-refractivity contribution in [2.45, 2.75) is 0 Å². The van der Waals surface area contributed by atoms with Gasteiger partial charge in [0.25, 0.3) is 0 Å². The van der Waals surface area contributed by atoms with Gasteiger partial charge in [0.2, 0.25) is 0 Å². The van der Waals surface area contributed by atoms with Crippen LogP contribution in [-0.4, -0.2) is 14.8 Å². The fraction of sp³-hybridized carbons (Fsp3) is 0. The second kappa shape index (κ2) is 30.4. The van der Waals surface area contributed by atoms with E-state index in [1.54, 1.807) is 0 Å². The number of hydrogen-bond acceptors (Lipinski definition) is 5. The maximum absolute atomic E-state index is 7.38. The monoisotopic (exact) mass is 253 g/mol. The molecule has 0 bridgehead atoms. The first kappa shape index (κ1) is 88.8. The van der Waals surface area contributed by atoms with Crippen molar-refractivity contribution in [3.8, 4) is 0 Å². The van der Waals surface area contributed by atoms with Gasteiger partial charge >= 0.3 is 32.9 Å². The van der Waals surface area contributed by atoms with E-state index in [4.69, 9.17) is 14.8 Å². The standard InChI is InChI=1S/6FH.H3N.4H2O.Ti/h6*1H;1H3;4*1H2;/q;;;;;;;;;;;+4/p-4. The summed E-state index contributed by atoms with van der Waals surface area (Å²) in [7, 11) is 0. The second-order valence-corrected chi connectivity index (χ2v) is 2.47. The molecular formula is H13F6NO4Ti. The molecule has 12 heavy (non-hydrogen) atoms. The summed E-state index contributed by atoms with van der Waals surface area (Å²) in [6, 6.07) is 0. The Morgan fingerprint density at radius 2 is 0.500 bits per heavy atom. The van der Waals surface area contributed by atoms with Gasteiger partial charge in [-0.3, -0.25) is 28.2 Å². The molecule has 0 saturated heterocycles. The molecule has 0 fully saturated rings. The number of hydrogen-bond donors (Lipinski definition) is 5. The summed E-state index contributed by atoms with van der Waals surface area (Å²) >= 11 is -5.00. The summed E-state index contributed by atoms with van der Waals surface area (Å²) in [5.41, 5.74) is 0. The summed E-state index contributed by atoms with van der Waals surface area (Å²) in [5, 5.41) is 0. The van der Waals surface area contributed by atoms with Crippen LogP contribution < -0.4 is 6.15 Å². The first-order valence-corrected chi connectivity index (χ1v) is 3.69. The molecule has 0 aliphatic rings. The Labute approximate surface area is 68.1 Å². The average Bonchev–Trinajstić information content (AvgIpc) is 0.722. The van der Waals surface area contributed by atoms with Crippen LogP contribution >= 0.6 is 0 Å². The van der Waals surface area contributed by atoms with E-state index in [1.807, 2.05) is 0 Å². The molecule has 0 rings (SSSR count). The normalized spacial score (nSPS) is 5.00. The number of rotatable bonds is 0. The minimum absolute atomic E-state index is 0. The number of halogens is 6. The van der Waals surface area contributed by atoms with E-state index in [2.05, 4.69) is 0 Å². The van der Waals surface area contributed by atoms with Gasteiger partial charge in [-0.15, -0.1) is 0 Å². The van der Waals surface area contributed by atoms with Crippen LogP contribution in [0.25, 0.3) is 0 Å². The van der Waals surface area contributed by atoms with Crippen molar-refractivity contribution in [2.24, 2.45) is 0 Å². The molecule has 0 aromatic carbocycles. The zero-order valence-corrected chi connectivity index (χ0v) is 7.01. The van der Waals surface area contributed by atoms with Crippen LogP contribution in [0.4, 0.5) is 28.2 Å². The van der Waals surface area contributed by atoms with Crippen LogP contribution in [0.2, 0.25) is 0 Å². The molecule has 12 heteroatoms. The van der Waals surface area contributed by atoms with Gasteiger partial charge < -0.3 is 6.15 Å². The van der Waals surface area contributed by atoms with Gasteiger partial charge in [-0.2, -0.15) is 0 Å². The van der Waals surface area contributed by atoms with Crippen molar-refractivity contribution in [1.82, 2.24) is 6.15 Å². The van der Waals surface area contributed by atoms with E-state index in [9.17, 15) is 0 Å². The molecule has 7 N–H and O–H groups in total. The van der Waals surface area contributed by atoms with E-state index in [-0.39, 0.29) is 34.4 Å². The van der Waals surface area contributed by atoms with Crippen LogP contribution in [0.5, 0.6) is 0 Å². The second-order valence-electron chi connectivity index (χ2n) is 0.600. The third-order valence-corrected chi connectivity index (χ3v) is 0. The van der Waals surface area contributed by atoms with E-state index in [0.717, 1.165) is 0 Å². The van der Waals surface area contributed by atoms with Gasteiger partial charge in [0.1, 0.15) is 0 Å². The minimum atomic E-state index is -5.00. The summed E-state index contributed by atoms with van der Waals surface area (Å²) < 4.78 is 29.5. The quantitative estimate of drug-likeness (QED) is 0.276. The van der Waals surface area contributed by atoms with Gasteiger partial charge in [-0.25, -0.2) is 0 Å². The van der Waals surface area contributed by atoms with Crippen molar-refractivity contribution in [3.63, 3.8) is 0 Å². The van der Waals surface area contributed by atoms with Crippen molar-refractivity contribution >= 4 is 0 Å². The third-order valence-electron chi connectivity index (χ3n) is 0. The zero-order valence-electron chi connectivity index (χ0n) is 5.45. The van der Waals surface area contributed by atoms with E-state index < -0.39 is 18.1 Å². The topological polar surface area (TPSA) is 116 Å². The van der Waals surface area contributed by atoms with Gasteiger partial charge in [0, 0.05) is 0 Å². The SMILES string of the molecule is F.F.F.F.F.F.N.[OH][Ti]([OH])([OH])[OH]. The molecule has 0 spiro atoms. The Morgan fingerprint density at radius 1 is 0.500 bits per heavy atom. The summed E-state index contributed by atoms with van der Waals surface area (Å²) in [5.74, 6) is 0. The Bertz CT molecular complexity index is 35.0. The maximum atomic E-state index is 7.38. The Hall–Kier alpha value is 0.0943. The van der Waals surface area contributed by atoms with Crippen molar-refractivity contribution in [1.29, 1.82) is 0 Å². The van der Waals surface area contributed by atoms with E-state index in [0.29, 0.717) is 0 Å². The predicted octanol–water partition coefficient (Wildman–Crippen LogP) is -1.15. The molecule has 88 valence electrons. The summed E-state index contributed by atoms with van der Waals surface area (Å²) in [6.07, 6.45) is 0. The van der Waals surface area contributed by atoms with Gasteiger partial charge in [-0.05, 0) is 0 Å². The molecule has 0 atom stereocenters. The first-order chi connectivity index (χ1) is 2.00. The van der Waals surface area contributed by atoms with E-state index in [1.165, 1.54) is 0 Å². The third kappa shape index (κ3) is 93900. The molecular weight excluding hydrogens is 240 g/mol. The molecule has 0 amide bonds. The zero-order chi connectivity index (χ0) is 4.50. The molecule has 0 aliphatic carbocycles. The van der Waals surface area contributed by atoms with Crippen LogP contribution in [0.15, 0.2) is 0 Å². The molecule has 0 aromatic rings. The molecule has 0 heterocycles. The molecule has 5 nitrogen and oxygen atoms in total. The molecule has 0 radical (unpaired) electrons. The molecule has 0 saturated carbocycles. The first-order valence-electron chi connectivity index (χ1n) is 0.894. The van der Waals surface area contributed by atoms with Crippen molar-refractivity contribution < 1.29 is 61.1 Å². The molecule has 0 unspecified atom stereocenters. The average molecular weight is 253 g/mol. The predicted molar refractivity (Wildman–Crippen MR) is 28.9 cm³/mol. The Balaban J connectivity index is -0.00000000381. The molecule has 0 aliphatic heterocycles. The van der Waals surface area contributed by atoms with Crippen LogP contribution in [0.3, 0.4) is 0 Å². The fourth-order valence-electron chi connectivity index (χ4n) is 0. The summed E-state index contributed by atoms with van der Waals surface area (Å²) in [6.45, 7) is 0. The van der Waals surface area contributed by atoms with Gasteiger partial charge in [0.05, 0.1) is 0 Å². The van der Waals surface area contributed by atoms with Gasteiger partial charge in [0.15, 0.2) is 0 Å². The Kier molecular flexibility index (Phi) is 225. The Morgan fingerprint density at radius 3 is 0.500 bits per heavy atom. The van der Waals surface area contributed by atoms with Crippen molar-refractivity contribution in [2.75, 3.05) is 0 Å². The molecule has 0 aromatic heterocycles. The van der Waals surface area contributed by atoms with E-state index >= 15 is 0 Å². The van der Waals surface area contributed by atoms with Crippen molar-refractivity contribution in [3.05, 3.63) is 0 Å². The van der Waals surface area contributed by atoms with Crippen LogP contribution in [0, 0.1) is 0 Å².